The lowest BCUT2D eigenvalue weighted by Crippen LogP contribution is -2.50. The molecule has 1 aliphatic carbocycles. The van der Waals surface area contributed by atoms with Gasteiger partial charge in [-0.15, -0.1) is 0 Å². The molecule has 0 unspecified atom stereocenters. The van der Waals surface area contributed by atoms with Crippen molar-refractivity contribution in [2.45, 2.75) is 11.7 Å². The van der Waals surface area contributed by atoms with Crippen LogP contribution in [0.4, 0.5) is 13.2 Å². The summed E-state index contributed by atoms with van der Waals surface area (Å²) in [7, 11) is 0. The lowest BCUT2D eigenvalue weighted by atomic mass is 10.0. The Hall–Kier alpha value is -2.68. The van der Waals surface area contributed by atoms with E-state index in [2.05, 4.69) is 0 Å². The van der Waals surface area contributed by atoms with E-state index in [0.717, 1.165) is 39.3 Å². The third kappa shape index (κ3) is 6.66. The minimum atomic E-state index is -5.08. The molecular weight excluding hydrogens is 441 g/mol. The van der Waals surface area contributed by atoms with Crippen molar-refractivity contribution in [3.05, 3.63) is 23.2 Å². The molecule has 0 aromatic carbocycles. The fourth-order valence-electron chi connectivity index (χ4n) is 2.43. The standard InChI is InChI=1S/C12H13N3O2.C4H11NO3.C2HF3O2/c16-9-7-8(13-1-2-13)12(17)11(15-5-6-15)10(9)14-3-4-14;5-4(1-6,2-7)3-8;3-2(4,5)1(6)7/h7H,1-6H2;6-8H,1-3,5H2;(H,6,7). The van der Waals surface area contributed by atoms with Gasteiger partial charge in [0.2, 0.25) is 11.6 Å². The van der Waals surface area contributed by atoms with Gasteiger partial charge in [-0.25, -0.2) is 4.79 Å². The molecule has 0 amide bonds. The highest BCUT2D eigenvalue weighted by atomic mass is 19.4. The zero-order chi connectivity index (χ0) is 24.3. The predicted octanol–water partition coefficient (Wildman–Crippen LogP) is -2.53. The molecule has 3 aliphatic heterocycles. The quantitative estimate of drug-likeness (QED) is 0.207. The van der Waals surface area contributed by atoms with E-state index < -0.39 is 37.5 Å². The molecule has 0 aromatic heterocycles. The molecule has 6 N–H and O–H groups in total. The highest BCUT2D eigenvalue weighted by molar-refractivity contribution is 6.22. The first-order chi connectivity index (χ1) is 14.9. The van der Waals surface area contributed by atoms with E-state index in [4.69, 9.17) is 31.0 Å². The summed E-state index contributed by atoms with van der Waals surface area (Å²) in [5, 5.41) is 32.1. The van der Waals surface area contributed by atoms with E-state index in [1.165, 1.54) is 6.08 Å². The van der Waals surface area contributed by atoms with Crippen LogP contribution in [0.15, 0.2) is 23.2 Å². The van der Waals surface area contributed by atoms with E-state index in [1.807, 2.05) is 14.7 Å². The highest BCUT2D eigenvalue weighted by Crippen LogP contribution is 2.33. The summed E-state index contributed by atoms with van der Waals surface area (Å²) in [6.07, 6.45) is -3.56. The number of carbonyl (C=O) groups excluding carboxylic acids is 2. The number of hydrogen-bond donors (Lipinski definition) is 5. The largest absolute Gasteiger partial charge is 0.490 e. The van der Waals surface area contributed by atoms with Gasteiger partial charge in [0.1, 0.15) is 11.4 Å². The second kappa shape index (κ2) is 9.85. The van der Waals surface area contributed by atoms with Crippen LogP contribution in [0.5, 0.6) is 0 Å². The maximum atomic E-state index is 12.4. The molecule has 3 saturated heterocycles. The van der Waals surface area contributed by atoms with Gasteiger partial charge in [0.25, 0.3) is 0 Å². The first-order valence-electron chi connectivity index (χ1n) is 9.60. The Morgan fingerprint density at radius 2 is 1.25 bits per heavy atom. The number of nitrogens with zero attached hydrogens (tertiary/aromatic N) is 3. The summed E-state index contributed by atoms with van der Waals surface area (Å²) in [5.41, 5.74) is 5.82. The van der Waals surface area contributed by atoms with Crippen LogP contribution in [0.2, 0.25) is 0 Å². The minimum absolute atomic E-state index is 0.00546. The smallest absolute Gasteiger partial charge is 0.475 e. The van der Waals surface area contributed by atoms with Crippen LogP contribution in [-0.4, -0.2) is 123 Å². The molecule has 0 spiro atoms. The van der Waals surface area contributed by atoms with Gasteiger partial charge in [-0.2, -0.15) is 13.2 Å². The number of alkyl halides is 3. The molecule has 0 saturated carbocycles. The van der Waals surface area contributed by atoms with Gasteiger partial charge < -0.3 is 40.9 Å². The van der Waals surface area contributed by atoms with Gasteiger partial charge in [-0.1, -0.05) is 0 Å². The topological polar surface area (TPSA) is 167 Å². The van der Waals surface area contributed by atoms with Crippen LogP contribution >= 0.6 is 0 Å². The summed E-state index contributed by atoms with van der Waals surface area (Å²) in [5.74, 6) is -2.71. The molecule has 180 valence electrons. The summed E-state index contributed by atoms with van der Waals surface area (Å²) < 4.78 is 31.7. The van der Waals surface area contributed by atoms with Crippen LogP contribution in [0.1, 0.15) is 0 Å². The minimum Gasteiger partial charge on any atom is -0.475 e. The molecule has 4 rings (SSSR count). The Balaban J connectivity index is 0.000000205. The van der Waals surface area contributed by atoms with Crippen molar-refractivity contribution in [2.24, 2.45) is 5.73 Å². The third-order valence-corrected chi connectivity index (χ3v) is 4.68. The molecule has 0 aromatic rings. The fourth-order valence-corrected chi connectivity index (χ4v) is 2.43. The Morgan fingerprint density at radius 3 is 1.53 bits per heavy atom. The third-order valence-electron chi connectivity index (χ3n) is 4.68. The maximum Gasteiger partial charge on any atom is 0.490 e. The number of allylic oxidation sites excluding steroid dienone is 1. The van der Waals surface area contributed by atoms with Gasteiger partial charge in [0, 0.05) is 45.3 Å². The van der Waals surface area contributed by atoms with Crippen molar-refractivity contribution in [1.29, 1.82) is 0 Å². The van der Waals surface area contributed by atoms with Crippen molar-refractivity contribution in [2.75, 3.05) is 59.1 Å². The van der Waals surface area contributed by atoms with E-state index in [9.17, 15) is 22.8 Å². The normalized spacial score (nSPS) is 19.6. The van der Waals surface area contributed by atoms with Crippen LogP contribution in [0.25, 0.3) is 0 Å². The number of aliphatic carboxylic acids is 1. The van der Waals surface area contributed by atoms with E-state index in [0.29, 0.717) is 17.1 Å². The molecular formula is C18H25F3N4O7. The molecule has 4 aliphatic rings. The van der Waals surface area contributed by atoms with Crippen LogP contribution in [0, 0.1) is 0 Å². The zero-order valence-electron chi connectivity index (χ0n) is 17.0. The van der Waals surface area contributed by atoms with Crippen LogP contribution in [0.3, 0.4) is 0 Å². The number of nitrogens with two attached hydrogens (primary N) is 1. The Morgan fingerprint density at radius 1 is 0.875 bits per heavy atom. The van der Waals surface area contributed by atoms with Crippen molar-refractivity contribution < 1.29 is 48.0 Å². The molecule has 3 heterocycles. The van der Waals surface area contributed by atoms with E-state index >= 15 is 0 Å². The highest BCUT2D eigenvalue weighted by Gasteiger charge is 2.43. The number of carbonyl (C=O) groups is 3. The molecule has 0 atom stereocenters. The predicted molar refractivity (Wildman–Crippen MR) is 102 cm³/mol. The van der Waals surface area contributed by atoms with Gasteiger partial charge in [0.05, 0.1) is 31.1 Å². The number of carboxylic acids is 1. The lowest BCUT2D eigenvalue weighted by Gasteiger charge is -2.21. The molecule has 32 heavy (non-hydrogen) atoms. The number of Topliss-reactive ketones (excluding diaryl/α,β-unsaturated/α-hetero) is 1. The summed E-state index contributed by atoms with van der Waals surface area (Å²) in [4.78, 5) is 39.4. The van der Waals surface area contributed by atoms with Crippen molar-refractivity contribution >= 4 is 17.5 Å². The van der Waals surface area contributed by atoms with Crippen molar-refractivity contribution in [1.82, 2.24) is 14.7 Å². The van der Waals surface area contributed by atoms with E-state index in [1.54, 1.807) is 0 Å². The number of aliphatic hydroxyl groups excluding tert-OH is 3. The Bertz CT molecular complexity index is 804. The van der Waals surface area contributed by atoms with E-state index in [-0.39, 0.29) is 11.6 Å². The number of ketones is 2. The van der Waals surface area contributed by atoms with Gasteiger partial charge in [-0.05, 0) is 0 Å². The second-order valence-corrected chi connectivity index (χ2v) is 7.52. The fraction of sp³-hybridized carbons (Fsp3) is 0.611. The Labute approximate surface area is 180 Å². The molecule has 3 fully saturated rings. The summed E-state index contributed by atoms with van der Waals surface area (Å²) >= 11 is 0. The molecule has 0 bridgehead atoms. The maximum absolute atomic E-state index is 12.4. The van der Waals surface area contributed by atoms with Gasteiger partial charge in [0.15, 0.2) is 0 Å². The number of halogens is 3. The van der Waals surface area contributed by atoms with Gasteiger partial charge >= 0.3 is 12.1 Å². The zero-order valence-corrected chi connectivity index (χ0v) is 17.0. The van der Waals surface area contributed by atoms with Crippen molar-refractivity contribution in [3.8, 4) is 0 Å². The first-order valence-corrected chi connectivity index (χ1v) is 9.60. The lowest BCUT2D eigenvalue weighted by molar-refractivity contribution is -0.192. The summed E-state index contributed by atoms with van der Waals surface area (Å²) in [6.45, 7) is 4.20. The number of carboxylic acid groups (broad SMARTS) is 1. The first kappa shape index (κ1) is 25.6. The van der Waals surface area contributed by atoms with Crippen LogP contribution < -0.4 is 5.73 Å². The molecule has 14 heteroatoms. The van der Waals surface area contributed by atoms with Crippen LogP contribution in [-0.2, 0) is 14.4 Å². The van der Waals surface area contributed by atoms with Crippen molar-refractivity contribution in [3.63, 3.8) is 0 Å². The monoisotopic (exact) mass is 466 g/mol. The molecule has 0 radical (unpaired) electrons. The Kier molecular flexibility index (Phi) is 7.88. The van der Waals surface area contributed by atoms with Gasteiger partial charge in [-0.3, -0.25) is 9.59 Å². The average Bonchev–Trinajstić information content (AvgIpc) is 3.58. The summed E-state index contributed by atoms with van der Waals surface area (Å²) in [6, 6.07) is 0. The number of rotatable bonds is 6. The molecule has 11 nitrogen and oxygen atoms in total. The number of aliphatic hydroxyl groups is 3. The second-order valence-electron chi connectivity index (χ2n) is 7.52. The SMILES string of the molecule is NC(CO)(CO)CO.O=C(O)C(F)(F)F.O=C1C=C(N2CC2)C(=O)C(N2CC2)=C1N1CC1. The number of hydrogen-bond acceptors (Lipinski definition) is 10. The average molecular weight is 466 g/mol.